The van der Waals surface area contributed by atoms with Crippen molar-refractivity contribution in [2.24, 2.45) is 0 Å². The third-order valence-electron chi connectivity index (χ3n) is 5.76. The molecule has 4 amide bonds. The van der Waals surface area contributed by atoms with E-state index in [2.05, 4.69) is 5.32 Å². The van der Waals surface area contributed by atoms with Crippen LogP contribution in [0.25, 0.3) is 0 Å². The minimum absolute atomic E-state index is 0.0588. The Hall–Kier alpha value is -2.37. The predicted molar refractivity (Wildman–Crippen MR) is 98.3 cm³/mol. The van der Waals surface area contributed by atoms with E-state index in [1.54, 1.807) is 11.9 Å². The number of carbonyl (C=O) groups is 3. The lowest BCUT2D eigenvalue weighted by atomic mass is 9.82. The lowest BCUT2D eigenvalue weighted by Crippen LogP contribution is -2.48. The fourth-order valence-electron chi connectivity index (χ4n) is 3.93. The molecule has 1 saturated heterocycles. The highest BCUT2D eigenvalue weighted by atomic mass is 16.2. The highest BCUT2D eigenvalue weighted by Crippen LogP contribution is 2.33. The van der Waals surface area contributed by atoms with Crippen LogP contribution in [0.5, 0.6) is 0 Å². The zero-order chi connectivity index (χ0) is 18.7. The molecule has 0 radical (unpaired) electrons. The molecule has 1 aliphatic carbocycles. The van der Waals surface area contributed by atoms with Crippen molar-refractivity contribution >= 4 is 17.8 Å². The Morgan fingerprint density at radius 1 is 1.19 bits per heavy atom. The minimum atomic E-state index is -0.721. The van der Waals surface area contributed by atoms with Crippen molar-refractivity contribution in [2.75, 3.05) is 13.6 Å². The summed E-state index contributed by atoms with van der Waals surface area (Å²) in [5.41, 5.74) is 0.334. The van der Waals surface area contributed by atoms with E-state index in [9.17, 15) is 14.4 Å². The van der Waals surface area contributed by atoms with Crippen LogP contribution in [-0.2, 0) is 9.59 Å². The van der Waals surface area contributed by atoms with E-state index in [0.717, 1.165) is 24.8 Å². The molecule has 1 heterocycles. The Labute approximate surface area is 154 Å². The lowest BCUT2D eigenvalue weighted by molar-refractivity contribution is -0.134. The molecule has 2 fully saturated rings. The molecular formula is C20H27N3O3. The largest absolute Gasteiger partial charge is 0.339 e. The topological polar surface area (TPSA) is 69.7 Å². The highest BCUT2D eigenvalue weighted by Gasteiger charge is 2.51. The van der Waals surface area contributed by atoms with Crippen molar-refractivity contribution in [1.82, 2.24) is 15.1 Å². The van der Waals surface area contributed by atoms with Crippen molar-refractivity contribution in [3.8, 4) is 0 Å². The van der Waals surface area contributed by atoms with E-state index in [0.29, 0.717) is 12.8 Å². The predicted octanol–water partition coefficient (Wildman–Crippen LogP) is 2.85. The van der Waals surface area contributed by atoms with Gasteiger partial charge in [0.25, 0.3) is 5.91 Å². The van der Waals surface area contributed by atoms with Gasteiger partial charge in [-0.15, -0.1) is 0 Å². The normalized spacial score (nSPS) is 20.2. The maximum absolute atomic E-state index is 12.7. The fourth-order valence-corrected chi connectivity index (χ4v) is 3.93. The molecule has 1 aromatic rings. The van der Waals surface area contributed by atoms with Crippen molar-refractivity contribution in [1.29, 1.82) is 0 Å². The van der Waals surface area contributed by atoms with E-state index in [4.69, 9.17) is 0 Å². The summed E-state index contributed by atoms with van der Waals surface area (Å²) >= 11 is 0. The number of rotatable bonds is 5. The summed E-state index contributed by atoms with van der Waals surface area (Å²) in [6.45, 7) is 2.11. The van der Waals surface area contributed by atoms with Crippen LogP contribution in [0.1, 0.15) is 57.1 Å². The van der Waals surface area contributed by atoms with E-state index >= 15 is 0 Å². The summed E-state index contributed by atoms with van der Waals surface area (Å²) in [7, 11) is 1.76. The monoisotopic (exact) mass is 357 g/mol. The molecule has 1 N–H and O–H groups in total. The van der Waals surface area contributed by atoms with Gasteiger partial charge in [0.05, 0.1) is 6.04 Å². The number of urea groups is 1. The van der Waals surface area contributed by atoms with Gasteiger partial charge in [-0.25, -0.2) is 4.79 Å². The third-order valence-corrected chi connectivity index (χ3v) is 5.76. The molecule has 1 saturated carbocycles. The maximum atomic E-state index is 12.7. The Kier molecular flexibility index (Phi) is 5.30. The quantitative estimate of drug-likeness (QED) is 0.824. The van der Waals surface area contributed by atoms with Gasteiger partial charge < -0.3 is 10.2 Å². The summed E-state index contributed by atoms with van der Waals surface area (Å²) < 4.78 is 0. The molecule has 1 atom stereocenters. The number of carbonyl (C=O) groups excluding carboxylic acids is 3. The summed E-state index contributed by atoms with van der Waals surface area (Å²) in [6.07, 6.45) is 4.56. The Balaban J connectivity index is 1.59. The molecule has 6 heteroatoms. The summed E-state index contributed by atoms with van der Waals surface area (Å²) in [5, 5.41) is 2.88. The zero-order valence-electron chi connectivity index (χ0n) is 15.5. The molecule has 2 aliphatic rings. The molecule has 0 aromatic heterocycles. The van der Waals surface area contributed by atoms with E-state index < -0.39 is 5.54 Å². The Morgan fingerprint density at radius 3 is 2.50 bits per heavy atom. The van der Waals surface area contributed by atoms with Gasteiger partial charge in [-0.05, 0) is 25.3 Å². The van der Waals surface area contributed by atoms with Gasteiger partial charge in [0.1, 0.15) is 5.54 Å². The first kappa shape index (κ1) is 18.4. The average molecular weight is 357 g/mol. The van der Waals surface area contributed by atoms with Crippen LogP contribution in [-0.4, -0.2) is 46.8 Å². The van der Waals surface area contributed by atoms with Crippen molar-refractivity contribution in [2.45, 2.75) is 57.0 Å². The SMILES string of the molecule is CC(c1ccccc1)N(C)C(=O)CCN1C(=O)NC2(CCCCC2)C1=O. The maximum Gasteiger partial charge on any atom is 0.325 e. The molecule has 26 heavy (non-hydrogen) atoms. The Morgan fingerprint density at radius 2 is 1.85 bits per heavy atom. The first-order valence-electron chi connectivity index (χ1n) is 9.39. The smallest absolute Gasteiger partial charge is 0.325 e. The molecular weight excluding hydrogens is 330 g/mol. The van der Waals surface area contributed by atoms with E-state index in [1.165, 1.54) is 4.90 Å². The molecule has 1 aromatic carbocycles. The van der Waals surface area contributed by atoms with Gasteiger partial charge in [-0.3, -0.25) is 14.5 Å². The van der Waals surface area contributed by atoms with Crippen molar-refractivity contribution in [3.05, 3.63) is 35.9 Å². The summed E-state index contributed by atoms with van der Waals surface area (Å²) in [6, 6.07) is 9.39. The second-order valence-electron chi connectivity index (χ2n) is 7.37. The Bertz CT molecular complexity index is 683. The number of imide groups is 1. The zero-order valence-corrected chi connectivity index (χ0v) is 15.5. The second kappa shape index (κ2) is 7.48. The molecule has 0 bridgehead atoms. The van der Waals surface area contributed by atoms with Gasteiger partial charge in [0.2, 0.25) is 5.91 Å². The first-order valence-corrected chi connectivity index (χ1v) is 9.39. The molecule has 140 valence electrons. The standard InChI is InChI=1S/C20H27N3O3/c1-15(16-9-5-3-6-10-16)22(2)17(24)11-14-23-18(25)20(21-19(23)26)12-7-4-8-13-20/h3,5-6,9-10,15H,4,7-8,11-14H2,1-2H3,(H,21,26). The van der Waals surface area contributed by atoms with Crippen LogP contribution in [0.3, 0.4) is 0 Å². The minimum Gasteiger partial charge on any atom is -0.339 e. The van der Waals surface area contributed by atoms with Gasteiger partial charge in [-0.1, -0.05) is 49.6 Å². The van der Waals surface area contributed by atoms with Crippen LogP contribution in [0, 0.1) is 0 Å². The van der Waals surface area contributed by atoms with Crippen molar-refractivity contribution in [3.63, 3.8) is 0 Å². The van der Waals surface area contributed by atoms with E-state index in [-0.39, 0.29) is 36.9 Å². The van der Waals surface area contributed by atoms with Crippen molar-refractivity contribution < 1.29 is 14.4 Å². The molecule has 1 aliphatic heterocycles. The van der Waals surface area contributed by atoms with Crippen LogP contribution in [0.15, 0.2) is 30.3 Å². The molecule has 6 nitrogen and oxygen atoms in total. The van der Waals surface area contributed by atoms with Crippen LogP contribution >= 0.6 is 0 Å². The summed E-state index contributed by atoms with van der Waals surface area (Å²) in [4.78, 5) is 40.5. The fraction of sp³-hybridized carbons (Fsp3) is 0.550. The molecule has 1 unspecified atom stereocenters. The third kappa shape index (κ3) is 3.45. The van der Waals surface area contributed by atoms with Crippen LogP contribution in [0.4, 0.5) is 4.79 Å². The first-order chi connectivity index (χ1) is 12.4. The number of nitrogens with zero attached hydrogens (tertiary/aromatic N) is 2. The van der Waals surface area contributed by atoms with Gasteiger partial charge in [0, 0.05) is 20.0 Å². The van der Waals surface area contributed by atoms with Crippen LogP contribution < -0.4 is 5.32 Å². The van der Waals surface area contributed by atoms with Gasteiger partial charge in [-0.2, -0.15) is 0 Å². The number of hydrogen-bond donors (Lipinski definition) is 1. The second-order valence-corrected chi connectivity index (χ2v) is 7.37. The lowest BCUT2D eigenvalue weighted by Gasteiger charge is -2.30. The molecule has 3 rings (SSSR count). The number of benzene rings is 1. The number of hydrogen-bond acceptors (Lipinski definition) is 3. The molecule has 1 spiro atoms. The number of amides is 4. The summed E-state index contributed by atoms with van der Waals surface area (Å²) in [5.74, 6) is -0.236. The van der Waals surface area contributed by atoms with Gasteiger partial charge in [0.15, 0.2) is 0 Å². The highest BCUT2D eigenvalue weighted by molar-refractivity contribution is 6.07. The number of nitrogens with one attached hydrogen (secondary N) is 1. The van der Waals surface area contributed by atoms with Gasteiger partial charge >= 0.3 is 6.03 Å². The van der Waals surface area contributed by atoms with Crippen LogP contribution in [0.2, 0.25) is 0 Å². The van der Waals surface area contributed by atoms with E-state index in [1.807, 2.05) is 37.3 Å². The average Bonchev–Trinajstić information content (AvgIpc) is 2.89.